The predicted octanol–water partition coefficient (Wildman–Crippen LogP) is 1.88. The van der Waals surface area contributed by atoms with Crippen LogP contribution in [0.3, 0.4) is 0 Å². The molecule has 1 aromatic rings. The third-order valence-corrected chi connectivity index (χ3v) is 3.30. The molecule has 0 aromatic heterocycles. The van der Waals surface area contributed by atoms with Gasteiger partial charge in [-0.3, -0.25) is 0 Å². The molecule has 1 saturated carbocycles. The normalized spacial score (nSPS) is 18.2. The maximum Gasteiger partial charge on any atom is 0.161 e. The second kappa shape index (κ2) is 5.59. The van der Waals surface area contributed by atoms with Crippen LogP contribution < -0.4 is 14.8 Å². The van der Waals surface area contributed by atoms with E-state index in [2.05, 4.69) is 5.32 Å². The van der Waals surface area contributed by atoms with Crippen LogP contribution in [0.2, 0.25) is 0 Å². The Balaban J connectivity index is 2.10. The van der Waals surface area contributed by atoms with Crippen LogP contribution in [0.25, 0.3) is 0 Å². The van der Waals surface area contributed by atoms with Gasteiger partial charge in [0.15, 0.2) is 11.5 Å². The van der Waals surface area contributed by atoms with E-state index < -0.39 is 6.10 Å². The van der Waals surface area contributed by atoms with Crippen molar-refractivity contribution in [3.8, 4) is 11.5 Å². The number of aliphatic hydroxyl groups excluding tert-OH is 1. The number of methoxy groups -OCH3 is 2. The van der Waals surface area contributed by atoms with Crippen molar-refractivity contribution in [1.29, 1.82) is 0 Å². The summed E-state index contributed by atoms with van der Waals surface area (Å²) in [6.45, 7) is 2.00. The first-order valence-corrected chi connectivity index (χ1v) is 6.31. The smallest absolute Gasteiger partial charge is 0.161 e. The molecule has 1 fully saturated rings. The molecule has 0 bridgehead atoms. The Labute approximate surface area is 108 Å². The minimum Gasteiger partial charge on any atom is -0.493 e. The number of rotatable bonds is 6. The lowest BCUT2D eigenvalue weighted by Gasteiger charge is -2.21. The largest absolute Gasteiger partial charge is 0.493 e. The molecule has 1 aliphatic rings. The first kappa shape index (κ1) is 13.2. The molecule has 0 radical (unpaired) electrons. The summed E-state index contributed by atoms with van der Waals surface area (Å²) in [5.74, 6) is 1.32. The van der Waals surface area contributed by atoms with E-state index in [0.717, 1.165) is 5.56 Å². The van der Waals surface area contributed by atoms with Crippen LogP contribution in [0.1, 0.15) is 31.4 Å². The maximum absolute atomic E-state index is 10.3. The molecule has 0 heterocycles. The molecule has 2 unspecified atom stereocenters. The van der Waals surface area contributed by atoms with Crippen LogP contribution in [0, 0.1) is 0 Å². The summed E-state index contributed by atoms with van der Waals surface area (Å²) in [5.41, 5.74) is 0.841. The Kier molecular flexibility index (Phi) is 4.09. The Hall–Kier alpha value is -1.26. The van der Waals surface area contributed by atoms with Gasteiger partial charge in [-0.1, -0.05) is 6.07 Å². The van der Waals surface area contributed by atoms with Gasteiger partial charge in [0.05, 0.1) is 20.3 Å². The molecule has 0 amide bonds. The standard InChI is InChI=1S/C14H21NO3/c1-9(15-11-5-6-11)14(16)10-4-7-12(17-2)13(8-10)18-3/h4,7-9,11,14-16H,5-6H2,1-3H3. The van der Waals surface area contributed by atoms with Crippen LogP contribution in [0.5, 0.6) is 11.5 Å². The fourth-order valence-corrected chi connectivity index (χ4v) is 2.04. The zero-order chi connectivity index (χ0) is 13.1. The van der Waals surface area contributed by atoms with Gasteiger partial charge in [0.2, 0.25) is 0 Å². The third-order valence-electron chi connectivity index (χ3n) is 3.30. The van der Waals surface area contributed by atoms with Gasteiger partial charge in [-0.05, 0) is 37.5 Å². The van der Waals surface area contributed by atoms with Gasteiger partial charge in [-0.15, -0.1) is 0 Å². The summed E-state index contributed by atoms with van der Waals surface area (Å²) in [6, 6.07) is 6.14. The summed E-state index contributed by atoms with van der Waals surface area (Å²) in [6.07, 6.45) is 1.89. The minimum absolute atomic E-state index is 0.0376. The molecule has 0 aliphatic heterocycles. The number of aliphatic hydroxyl groups is 1. The van der Waals surface area contributed by atoms with Gasteiger partial charge in [0.25, 0.3) is 0 Å². The average Bonchev–Trinajstić information content (AvgIpc) is 3.20. The van der Waals surface area contributed by atoms with Gasteiger partial charge in [0, 0.05) is 12.1 Å². The highest BCUT2D eigenvalue weighted by atomic mass is 16.5. The Bertz CT molecular complexity index is 404. The highest BCUT2D eigenvalue weighted by molar-refractivity contribution is 5.43. The summed E-state index contributed by atoms with van der Waals surface area (Å²) in [4.78, 5) is 0. The number of ether oxygens (including phenoxy) is 2. The van der Waals surface area contributed by atoms with Gasteiger partial charge >= 0.3 is 0 Å². The summed E-state index contributed by atoms with van der Waals surface area (Å²) >= 11 is 0. The lowest BCUT2D eigenvalue weighted by atomic mass is 10.0. The van der Waals surface area contributed by atoms with E-state index in [0.29, 0.717) is 17.5 Å². The molecule has 4 heteroatoms. The number of hydrogen-bond donors (Lipinski definition) is 2. The van der Waals surface area contributed by atoms with E-state index in [4.69, 9.17) is 9.47 Å². The van der Waals surface area contributed by atoms with Gasteiger partial charge in [-0.2, -0.15) is 0 Å². The molecule has 18 heavy (non-hydrogen) atoms. The minimum atomic E-state index is -0.537. The molecular formula is C14H21NO3. The second-order valence-electron chi connectivity index (χ2n) is 4.79. The zero-order valence-electron chi connectivity index (χ0n) is 11.1. The molecule has 4 nitrogen and oxygen atoms in total. The lowest BCUT2D eigenvalue weighted by Crippen LogP contribution is -2.33. The average molecular weight is 251 g/mol. The first-order valence-electron chi connectivity index (χ1n) is 6.31. The van der Waals surface area contributed by atoms with Crippen LogP contribution >= 0.6 is 0 Å². The highest BCUT2D eigenvalue weighted by Gasteiger charge is 2.26. The van der Waals surface area contributed by atoms with E-state index in [1.807, 2.05) is 25.1 Å². The van der Waals surface area contributed by atoms with Crippen molar-refractivity contribution in [2.24, 2.45) is 0 Å². The topological polar surface area (TPSA) is 50.7 Å². The summed E-state index contributed by atoms with van der Waals surface area (Å²) in [5, 5.41) is 13.7. The van der Waals surface area contributed by atoms with Crippen LogP contribution in [-0.4, -0.2) is 31.4 Å². The Morgan fingerprint density at radius 1 is 1.22 bits per heavy atom. The van der Waals surface area contributed by atoms with E-state index in [1.165, 1.54) is 12.8 Å². The van der Waals surface area contributed by atoms with Crippen molar-refractivity contribution < 1.29 is 14.6 Å². The molecule has 2 atom stereocenters. The predicted molar refractivity (Wildman–Crippen MR) is 70.1 cm³/mol. The van der Waals surface area contributed by atoms with E-state index >= 15 is 0 Å². The van der Waals surface area contributed by atoms with E-state index in [-0.39, 0.29) is 6.04 Å². The zero-order valence-corrected chi connectivity index (χ0v) is 11.1. The van der Waals surface area contributed by atoms with Crippen molar-refractivity contribution in [2.75, 3.05) is 14.2 Å². The molecular weight excluding hydrogens is 230 g/mol. The molecule has 0 saturated heterocycles. The second-order valence-corrected chi connectivity index (χ2v) is 4.79. The summed E-state index contributed by atoms with van der Waals surface area (Å²) in [7, 11) is 3.20. The van der Waals surface area contributed by atoms with Crippen molar-refractivity contribution in [1.82, 2.24) is 5.32 Å². The molecule has 1 aromatic carbocycles. The van der Waals surface area contributed by atoms with E-state index in [1.54, 1.807) is 14.2 Å². The SMILES string of the molecule is COc1ccc(C(O)C(C)NC2CC2)cc1OC. The quantitative estimate of drug-likeness (QED) is 0.810. The summed E-state index contributed by atoms with van der Waals surface area (Å²) < 4.78 is 10.4. The van der Waals surface area contributed by atoms with Crippen molar-refractivity contribution in [2.45, 2.75) is 38.0 Å². The molecule has 2 rings (SSSR count). The monoisotopic (exact) mass is 251 g/mol. The van der Waals surface area contributed by atoms with Crippen molar-refractivity contribution in [3.63, 3.8) is 0 Å². The Morgan fingerprint density at radius 3 is 2.44 bits per heavy atom. The van der Waals surface area contributed by atoms with Crippen LogP contribution in [0.15, 0.2) is 18.2 Å². The van der Waals surface area contributed by atoms with Crippen LogP contribution in [0.4, 0.5) is 0 Å². The number of benzene rings is 1. The number of nitrogens with one attached hydrogen (secondary N) is 1. The fourth-order valence-electron chi connectivity index (χ4n) is 2.04. The van der Waals surface area contributed by atoms with E-state index in [9.17, 15) is 5.11 Å². The molecule has 0 spiro atoms. The first-order chi connectivity index (χ1) is 8.65. The molecule has 2 N–H and O–H groups in total. The maximum atomic E-state index is 10.3. The lowest BCUT2D eigenvalue weighted by molar-refractivity contribution is 0.135. The molecule has 100 valence electrons. The fraction of sp³-hybridized carbons (Fsp3) is 0.571. The highest BCUT2D eigenvalue weighted by Crippen LogP contribution is 2.31. The van der Waals surface area contributed by atoms with Crippen LogP contribution in [-0.2, 0) is 0 Å². The van der Waals surface area contributed by atoms with Crippen molar-refractivity contribution >= 4 is 0 Å². The van der Waals surface area contributed by atoms with Gasteiger partial charge in [-0.25, -0.2) is 0 Å². The Morgan fingerprint density at radius 2 is 1.89 bits per heavy atom. The van der Waals surface area contributed by atoms with Crippen molar-refractivity contribution in [3.05, 3.63) is 23.8 Å². The van der Waals surface area contributed by atoms with Gasteiger partial charge in [0.1, 0.15) is 0 Å². The number of hydrogen-bond acceptors (Lipinski definition) is 4. The molecule has 1 aliphatic carbocycles. The third kappa shape index (κ3) is 2.94. The van der Waals surface area contributed by atoms with Gasteiger partial charge < -0.3 is 19.9 Å².